The third-order valence-electron chi connectivity index (χ3n) is 2.17. The molecule has 0 aliphatic heterocycles. The molecule has 4 heteroatoms. The van der Waals surface area contributed by atoms with E-state index in [4.69, 9.17) is 5.73 Å². The Morgan fingerprint density at radius 3 is 2.17 bits per heavy atom. The van der Waals surface area contributed by atoms with Gasteiger partial charge in [-0.05, 0) is 31.3 Å². The highest BCUT2D eigenvalue weighted by molar-refractivity contribution is 5.22. The normalized spacial score (nSPS) is 20.0. The van der Waals surface area contributed by atoms with Crippen LogP contribution in [0.2, 0.25) is 0 Å². The molecule has 0 saturated carbocycles. The summed E-state index contributed by atoms with van der Waals surface area (Å²) in [6.07, 6.45) is -2.01. The molecule has 2 N–H and O–H groups in total. The first kappa shape index (κ1) is 9.58. The molecule has 0 aromatic carbocycles. The lowest BCUT2D eigenvalue weighted by molar-refractivity contribution is -0.0959. The van der Waals surface area contributed by atoms with Crippen LogP contribution in [0.4, 0.5) is 13.2 Å². The predicted molar refractivity (Wildman–Crippen MR) is 40.6 cm³/mol. The van der Waals surface area contributed by atoms with Crippen LogP contribution in [-0.4, -0.2) is 12.7 Å². The third kappa shape index (κ3) is 2.00. The van der Waals surface area contributed by atoms with E-state index in [2.05, 4.69) is 0 Å². The Kier molecular flexibility index (Phi) is 2.77. The van der Waals surface area contributed by atoms with E-state index in [1.54, 1.807) is 0 Å². The Bertz CT molecular complexity index is 193. The van der Waals surface area contributed by atoms with Gasteiger partial charge in [0.1, 0.15) is 0 Å². The molecule has 0 spiro atoms. The second-order valence-corrected chi connectivity index (χ2v) is 2.99. The molecule has 1 rings (SSSR count). The summed E-state index contributed by atoms with van der Waals surface area (Å²) in [6, 6.07) is 0. The number of alkyl halides is 3. The van der Waals surface area contributed by atoms with E-state index in [0.29, 0.717) is 18.4 Å². The van der Waals surface area contributed by atoms with Crippen LogP contribution in [0.15, 0.2) is 11.1 Å². The number of allylic oxidation sites excluding steroid dienone is 1. The van der Waals surface area contributed by atoms with Crippen molar-refractivity contribution in [2.75, 3.05) is 6.54 Å². The minimum atomic E-state index is -4.16. The number of halogens is 3. The van der Waals surface area contributed by atoms with Crippen LogP contribution in [0.25, 0.3) is 0 Å². The topological polar surface area (TPSA) is 26.0 Å². The summed E-state index contributed by atoms with van der Waals surface area (Å²) in [5.41, 5.74) is 5.25. The van der Waals surface area contributed by atoms with Crippen molar-refractivity contribution in [2.24, 2.45) is 5.73 Å². The number of nitrogens with two attached hydrogens (primary N) is 1. The van der Waals surface area contributed by atoms with Crippen molar-refractivity contribution >= 4 is 0 Å². The van der Waals surface area contributed by atoms with Gasteiger partial charge in [0.15, 0.2) is 0 Å². The first-order valence-electron chi connectivity index (χ1n) is 4.04. The Hall–Kier alpha value is -0.510. The average molecular weight is 179 g/mol. The Balaban J connectivity index is 2.87. The van der Waals surface area contributed by atoms with Gasteiger partial charge in [0.25, 0.3) is 0 Å². The smallest absolute Gasteiger partial charge is 0.327 e. The van der Waals surface area contributed by atoms with E-state index in [-0.39, 0.29) is 18.5 Å². The van der Waals surface area contributed by atoms with Gasteiger partial charge in [-0.2, -0.15) is 13.2 Å². The zero-order valence-electron chi connectivity index (χ0n) is 6.75. The van der Waals surface area contributed by atoms with E-state index in [1.807, 2.05) is 0 Å². The molecule has 0 unspecified atom stereocenters. The largest absolute Gasteiger partial charge is 0.412 e. The molecule has 12 heavy (non-hydrogen) atoms. The maximum absolute atomic E-state index is 12.3. The van der Waals surface area contributed by atoms with Crippen LogP contribution in [0.1, 0.15) is 25.7 Å². The SMILES string of the molecule is NCC1=C(C(F)(F)F)CCCC1. The summed E-state index contributed by atoms with van der Waals surface area (Å²) >= 11 is 0. The Labute approximate surface area is 69.4 Å². The number of hydrogen-bond acceptors (Lipinski definition) is 1. The highest BCUT2D eigenvalue weighted by Crippen LogP contribution is 2.36. The maximum Gasteiger partial charge on any atom is 0.412 e. The molecule has 0 heterocycles. The van der Waals surface area contributed by atoms with Gasteiger partial charge < -0.3 is 5.73 Å². The molecule has 1 nitrogen and oxygen atoms in total. The summed E-state index contributed by atoms with van der Waals surface area (Å²) in [5.74, 6) is 0. The van der Waals surface area contributed by atoms with E-state index >= 15 is 0 Å². The van der Waals surface area contributed by atoms with Crippen molar-refractivity contribution in [3.8, 4) is 0 Å². The minimum absolute atomic E-state index is 0.0504. The summed E-state index contributed by atoms with van der Waals surface area (Å²) in [4.78, 5) is 0. The van der Waals surface area contributed by atoms with Crippen LogP contribution in [-0.2, 0) is 0 Å². The summed E-state index contributed by atoms with van der Waals surface area (Å²) < 4.78 is 36.8. The number of rotatable bonds is 1. The Morgan fingerprint density at radius 2 is 1.75 bits per heavy atom. The van der Waals surface area contributed by atoms with Crippen molar-refractivity contribution < 1.29 is 13.2 Å². The van der Waals surface area contributed by atoms with Crippen LogP contribution < -0.4 is 5.73 Å². The molecular formula is C8H12F3N. The predicted octanol–water partition coefficient (Wildman–Crippen LogP) is 2.38. The summed E-state index contributed by atoms with van der Waals surface area (Å²) in [5, 5.41) is 0. The van der Waals surface area contributed by atoms with Gasteiger partial charge in [0, 0.05) is 12.1 Å². The average Bonchev–Trinajstić information content (AvgIpc) is 2.03. The van der Waals surface area contributed by atoms with Crippen molar-refractivity contribution in [1.29, 1.82) is 0 Å². The summed E-state index contributed by atoms with van der Waals surface area (Å²) in [7, 11) is 0. The van der Waals surface area contributed by atoms with Crippen molar-refractivity contribution in [3.05, 3.63) is 11.1 Å². The molecule has 1 aliphatic rings. The van der Waals surface area contributed by atoms with Crippen LogP contribution >= 0.6 is 0 Å². The van der Waals surface area contributed by atoms with Crippen LogP contribution in [0.3, 0.4) is 0 Å². The molecule has 0 radical (unpaired) electrons. The molecule has 1 aliphatic carbocycles. The second kappa shape index (κ2) is 3.47. The molecule has 0 atom stereocenters. The lowest BCUT2D eigenvalue weighted by atomic mass is 9.91. The lowest BCUT2D eigenvalue weighted by Crippen LogP contribution is -2.20. The molecule has 0 saturated heterocycles. The monoisotopic (exact) mass is 179 g/mol. The molecule has 0 aromatic rings. The molecule has 0 fully saturated rings. The summed E-state index contributed by atoms with van der Waals surface area (Å²) in [6.45, 7) is 0.0504. The molecule has 0 bridgehead atoms. The van der Waals surface area contributed by atoms with E-state index in [1.165, 1.54) is 0 Å². The van der Waals surface area contributed by atoms with Crippen molar-refractivity contribution in [2.45, 2.75) is 31.9 Å². The fraction of sp³-hybridized carbons (Fsp3) is 0.750. The van der Waals surface area contributed by atoms with Gasteiger partial charge in [-0.3, -0.25) is 0 Å². The minimum Gasteiger partial charge on any atom is -0.327 e. The zero-order chi connectivity index (χ0) is 9.19. The van der Waals surface area contributed by atoms with Crippen molar-refractivity contribution in [1.82, 2.24) is 0 Å². The van der Waals surface area contributed by atoms with Gasteiger partial charge in [0.05, 0.1) is 0 Å². The van der Waals surface area contributed by atoms with Crippen LogP contribution in [0.5, 0.6) is 0 Å². The molecular weight excluding hydrogens is 167 g/mol. The zero-order valence-corrected chi connectivity index (χ0v) is 6.75. The van der Waals surface area contributed by atoms with E-state index < -0.39 is 6.18 Å². The van der Waals surface area contributed by atoms with Gasteiger partial charge in [-0.15, -0.1) is 0 Å². The third-order valence-corrected chi connectivity index (χ3v) is 2.17. The molecule has 70 valence electrons. The van der Waals surface area contributed by atoms with E-state index in [9.17, 15) is 13.2 Å². The standard InChI is InChI=1S/C8H12F3N/c9-8(10,11)7-4-2-1-3-6(7)5-12/h1-5,12H2. The van der Waals surface area contributed by atoms with Crippen molar-refractivity contribution in [3.63, 3.8) is 0 Å². The molecule has 0 aromatic heterocycles. The molecule has 0 amide bonds. The first-order chi connectivity index (χ1) is 5.55. The first-order valence-corrected chi connectivity index (χ1v) is 4.04. The Morgan fingerprint density at radius 1 is 1.17 bits per heavy atom. The fourth-order valence-electron chi connectivity index (χ4n) is 1.54. The van der Waals surface area contributed by atoms with Gasteiger partial charge in [-0.25, -0.2) is 0 Å². The quantitative estimate of drug-likeness (QED) is 0.614. The maximum atomic E-state index is 12.3. The lowest BCUT2D eigenvalue weighted by Gasteiger charge is -2.21. The van der Waals surface area contributed by atoms with Crippen LogP contribution in [0, 0.1) is 0 Å². The fourth-order valence-corrected chi connectivity index (χ4v) is 1.54. The van der Waals surface area contributed by atoms with Gasteiger partial charge >= 0.3 is 6.18 Å². The van der Waals surface area contributed by atoms with Gasteiger partial charge in [0.2, 0.25) is 0 Å². The number of hydrogen-bond donors (Lipinski definition) is 1. The van der Waals surface area contributed by atoms with Gasteiger partial charge in [-0.1, -0.05) is 0 Å². The second-order valence-electron chi connectivity index (χ2n) is 2.99. The van der Waals surface area contributed by atoms with E-state index in [0.717, 1.165) is 6.42 Å². The highest BCUT2D eigenvalue weighted by Gasteiger charge is 2.36. The highest BCUT2D eigenvalue weighted by atomic mass is 19.4.